The summed E-state index contributed by atoms with van der Waals surface area (Å²) in [6.07, 6.45) is 0. The van der Waals surface area contributed by atoms with Gasteiger partial charge in [-0.25, -0.2) is 4.39 Å². The summed E-state index contributed by atoms with van der Waals surface area (Å²) in [4.78, 5) is 10.9. The van der Waals surface area contributed by atoms with Crippen molar-refractivity contribution in [3.05, 3.63) is 35.8 Å². The maximum Gasteiger partial charge on any atom is 0.325 e. The minimum Gasteiger partial charge on any atom is -0.494 e. The van der Waals surface area contributed by atoms with Gasteiger partial charge in [-0.2, -0.15) is 5.10 Å². The van der Waals surface area contributed by atoms with Crippen LogP contribution in [0.5, 0.6) is 5.75 Å². The van der Waals surface area contributed by atoms with E-state index in [0.717, 1.165) is 5.69 Å². The summed E-state index contributed by atoms with van der Waals surface area (Å²) < 4.78 is 19.9. The lowest BCUT2D eigenvalue weighted by Crippen LogP contribution is -2.13. The molecular formula is C15H17FN2O3. The number of methoxy groups -OCH3 is 1. The van der Waals surface area contributed by atoms with Crippen molar-refractivity contribution in [1.82, 2.24) is 9.78 Å². The van der Waals surface area contributed by atoms with Gasteiger partial charge < -0.3 is 9.84 Å². The van der Waals surface area contributed by atoms with E-state index in [-0.39, 0.29) is 18.2 Å². The Morgan fingerprint density at radius 1 is 1.43 bits per heavy atom. The fourth-order valence-corrected chi connectivity index (χ4v) is 2.11. The van der Waals surface area contributed by atoms with Crippen LogP contribution in [0.1, 0.15) is 25.5 Å². The van der Waals surface area contributed by atoms with Crippen LogP contribution in [-0.2, 0) is 11.3 Å². The lowest BCUT2D eigenvalue weighted by Gasteiger charge is -2.06. The van der Waals surface area contributed by atoms with Crippen LogP contribution in [0.25, 0.3) is 11.3 Å². The Morgan fingerprint density at radius 3 is 2.71 bits per heavy atom. The number of hydrogen-bond acceptors (Lipinski definition) is 3. The first-order chi connectivity index (χ1) is 9.92. The van der Waals surface area contributed by atoms with Gasteiger partial charge in [-0.15, -0.1) is 0 Å². The molecule has 1 aromatic carbocycles. The fraction of sp³-hybridized carbons (Fsp3) is 0.333. The van der Waals surface area contributed by atoms with Crippen LogP contribution < -0.4 is 4.74 Å². The normalized spacial score (nSPS) is 10.9. The second-order valence-corrected chi connectivity index (χ2v) is 5.01. The molecule has 0 radical (unpaired) electrons. The number of carboxylic acids is 1. The summed E-state index contributed by atoms with van der Waals surface area (Å²) in [7, 11) is 1.39. The molecule has 0 aliphatic carbocycles. The number of hydrogen-bond donors (Lipinski definition) is 1. The number of benzene rings is 1. The Kier molecular flexibility index (Phi) is 4.26. The van der Waals surface area contributed by atoms with E-state index in [2.05, 4.69) is 5.10 Å². The molecule has 112 valence electrons. The quantitative estimate of drug-likeness (QED) is 0.920. The highest BCUT2D eigenvalue weighted by atomic mass is 19.1. The third-order valence-electron chi connectivity index (χ3n) is 3.13. The maximum atomic E-state index is 13.4. The van der Waals surface area contributed by atoms with Crippen LogP contribution in [-0.4, -0.2) is 28.0 Å². The topological polar surface area (TPSA) is 64.3 Å². The summed E-state index contributed by atoms with van der Waals surface area (Å²) >= 11 is 0. The van der Waals surface area contributed by atoms with Crippen molar-refractivity contribution < 1.29 is 19.0 Å². The summed E-state index contributed by atoms with van der Waals surface area (Å²) in [6.45, 7) is 3.72. The van der Waals surface area contributed by atoms with Gasteiger partial charge in [0.15, 0.2) is 11.6 Å². The van der Waals surface area contributed by atoms with Crippen LogP contribution in [0.4, 0.5) is 4.39 Å². The van der Waals surface area contributed by atoms with Gasteiger partial charge in [0.25, 0.3) is 0 Å². The van der Waals surface area contributed by atoms with E-state index in [1.165, 1.54) is 17.9 Å². The molecule has 0 aliphatic rings. The predicted molar refractivity (Wildman–Crippen MR) is 75.9 cm³/mol. The molecular weight excluding hydrogens is 275 g/mol. The zero-order valence-corrected chi connectivity index (χ0v) is 12.1. The average molecular weight is 292 g/mol. The van der Waals surface area contributed by atoms with E-state index in [9.17, 15) is 9.18 Å². The first-order valence-electron chi connectivity index (χ1n) is 6.55. The second-order valence-electron chi connectivity index (χ2n) is 5.01. The number of ether oxygens (including phenoxy) is 1. The molecule has 0 unspecified atom stereocenters. The lowest BCUT2D eigenvalue weighted by molar-refractivity contribution is -0.137. The number of rotatable bonds is 5. The summed E-state index contributed by atoms with van der Waals surface area (Å²) in [5.41, 5.74) is 2.09. The van der Waals surface area contributed by atoms with Crippen molar-refractivity contribution in [3.63, 3.8) is 0 Å². The minimum atomic E-state index is -0.955. The highest BCUT2D eigenvalue weighted by molar-refractivity contribution is 5.67. The monoisotopic (exact) mass is 292 g/mol. The number of carbonyl (C=O) groups is 1. The summed E-state index contributed by atoms with van der Waals surface area (Å²) in [5, 5.41) is 13.2. The molecule has 0 aliphatic heterocycles. The molecule has 0 saturated carbocycles. The van der Waals surface area contributed by atoms with Crippen molar-refractivity contribution in [2.45, 2.75) is 26.3 Å². The van der Waals surface area contributed by atoms with Gasteiger partial charge in [0, 0.05) is 11.3 Å². The summed E-state index contributed by atoms with van der Waals surface area (Å²) in [5.74, 6) is -1.14. The van der Waals surface area contributed by atoms with E-state index < -0.39 is 11.8 Å². The molecule has 0 spiro atoms. The number of carboxylic acid groups (broad SMARTS) is 1. The SMILES string of the molecule is COc1cc(-c2cc(C(C)C)n(CC(=O)O)n2)ccc1F. The molecule has 1 aromatic heterocycles. The van der Waals surface area contributed by atoms with Crippen molar-refractivity contribution in [3.8, 4) is 17.0 Å². The van der Waals surface area contributed by atoms with Gasteiger partial charge in [-0.3, -0.25) is 9.48 Å². The largest absolute Gasteiger partial charge is 0.494 e. The first-order valence-corrected chi connectivity index (χ1v) is 6.55. The van der Waals surface area contributed by atoms with Gasteiger partial charge in [0.1, 0.15) is 6.54 Å². The summed E-state index contributed by atoms with van der Waals surface area (Å²) in [6, 6.07) is 6.27. The van der Waals surface area contributed by atoms with E-state index in [1.807, 2.05) is 19.9 Å². The second kappa shape index (κ2) is 5.95. The maximum absolute atomic E-state index is 13.4. The van der Waals surface area contributed by atoms with Crippen molar-refractivity contribution in [2.24, 2.45) is 0 Å². The minimum absolute atomic E-state index is 0.131. The number of halogens is 1. The lowest BCUT2D eigenvalue weighted by atomic mass is 10.1. The molecule has 0 amide bonds. The van der Waals surface area contributed by atoms with Gasteiger partial charge in [0.2, 0.25) is 0 Å². The number of aromatic nitrogens is 2. The Labute approximate surface area is 122 Å². The van der Waals surface area contributed by atoms with E-state index in [1.54, 1.807) is 12.1 Å². The Bertz CT molecular complexity index is 665. The van der Waals surface area contributed by atoms with Crippen molar-refractivity contribution in [2.75, 3.05) is 7.11 Å². The molecule has 2 rings (SSSR count). The van der Waals surface area contributed by atoms with E-state index in [4.69, 9.17) is 9.84 Å². The Balaban J connectivity index is 2.47. The first kappa shape index (κ1) is 15.0. The standard InChI is InChI=1S/C15H17FN2O3/c1-9(2)13-7-12(17-18(13)8-15(19)20)10-4-5-11(16)14(6-10)21-3/h4-7,9H,8H2,1-3H3,(H,19,20). The Morgan fingerprint density at radius 2 is 2.14 bits per heavy atom. The van der Waals surface area contributed by atoms with E-state index in [0.29, 0.717) is 11.3 Å². The van der Waals surface area contributed by atoms with Crippen LogP contribution >= 0.6 is 0 Å². The number of nitrogens with zero attached hydrogens (tertiary/aromatic N) is 2. The molecule has 0 bridgehead atoms. The zero-order chi connectivity index (χ0) is 15.6. The van der Waals surface area contributed by atoms with E-state index >= 15 is 0 Å². The predicted octanol–water partition coefficient (Wildman–Crippen LogP) is 2.91. The van der Waals surface area contributed by atoms with Crippen LogP contribution in [0.2, 0.25) is 0 Å². The fourth-order valence-electron chi connectivity index (χ4n) is 2.11. The highest BCUT2D eigenvalue weighted by Gasteiger charge is 2.15. The van der Waals surface area contributed by atoms with Crippen molar-refractivity contribution in [1.29, 1.82) is 0 Å². The van der Waals surface area contributed by atoms with Gasteiger partial charge in [-0.1, -0.05) is 13.8 Å². The van der Waals surface area contributed by atoms with Crippen LogP contribution in [0.3, 0.4) is 0 Å². The van der Waals surface area contributed by atoms with Gasteiger partial charge in [0.05, 0.1) is 12.8 Å². The molecule has 0 saturated heterocycles. The zero-order valence-electron chi connectivity index (χ0n) is 12.1. The van der Waals surface area contributed by atoms with Gasteiger partial charge >= 0.3 is 5.97 Å². The molecule has 1 heterocycles. The third-order valence-corrected chi connectivity index (χ3v) is 3.13. The molecule has 0 atom stereocenters. The molecule has 0 fully saturated rings. The average Bonchev–Trinajstić information content (AvgIpc) is 2.82. The molecule has 2 aromatic rings. The highest BCUT2D eigenvalue weighted by Crippen LogP contribution is 2.28. The van der Waals surface area contributed by atoms with Crippen molar-refractivity contribution >= 4 is 5.97 Å². The number of aliphatic carboxylic acids is 1. The third kappa shape index (κ3) is 3.21. The van der Waals surface area contributed by atoms with Crippen LogP contribution in [0, 0.1) is 5.82 Å². The Hall–Kier alpha value is -2.37. The smallest absolute Gasteiger partial charge is 0.325 e. The van der Waals surface area contributed by atoms with Gasteiger partial charge in [-0.05, 0) is 30.2 Å². The molecule has 5 nitrogen and oxygen atoms in total. The molecule has 6 heteroatoms. The molecule has 1 N–H and O–H groups in total. The van der Waals surface area contributed by atoms with Crippen LogP contribution in [0.15, 0.2) is 24.3 Å². The molecule has 21 heavy (non-hydrogen) atoms.